The molecule has 0 aliphatic carbocycles. The van der Waals surface area contributed by atoms with Crippen LogP contribution >= 0.6 is 0 Å². The summed E-state index contributed by atoms with van der Waals surface area (Å²) in [6.45, 7) is 5.14. The number of ether oxygens (including phenoxy) is 2. The van der Waals surface area contributed by atoms with Gasteiger partial charge in [-0.3, -0.25) is 9.88 Å². The zero-order chi connectivity index (χ0) is 21.9. The monoisotopic (exact) mass is 408 g/mol. The number of halogens is 2. The maximum atomic E-state index is 13.1. The Labute approximate surface area is 166 Å². The number of hydrogen-bond donors (Lipinski definition) is 1. The van der Waals surface area contributed by atoms with E-state index in [1.54, 1.807) is 20.8 Å². The van der Waals surface area contributed by atoms with Crippen molar-refractivity contribution in [2.75, 3.05) is 19.1 Å². The van der Waals surface area contributed by atoms with Gasteiger partial charge in [0, 0.05) is 23.9 Å². The third kappa shape index (κ3) is 5.18. The molecule has 0 bridgehead atoms. The van der Waals surface area contributed by atoms with Gasteiger partial charge in [-0.15, -0.1) is 0 Å². The molecule has 2 aromatic rings. The van der Waals surface area contributed by atoms with Crippen molar-refractivity contribution in [3.63, 3.8) is 0 Å². The van der Waals surface area contributed by atoms with E-state index in [0.717, 1.165) is 12.3 Å². The molecule has 7 nitrogen and oxygen atoms in total. The lowest BCUT2D eigenvalue weighted by atomic mass is 9.98. The van der Waals surface area contributed by atoms with E-state index >= 15 is 0 Å². The van der Waals surface area contributed by atoms with Gasteiger partial charge in [-0.05, 0) is 45.0 Å². The van der Waals surface area contributed by atoms with Gasteiger partial charge in [-0.1, -0.05) is 0 Å². The zero-order valence-electron chi connectivity index (χ0n) is 16.7. The number of alkyl halides is 2. The first-order chi connectivity index (χ1) is 13.4. The van der Waals surface area contributed by atoms with Gasteiger partial charge >= 0.3 is 12.1 Å². The van der Waals surface area contributed by atoms with Crippen molar-refractivity contribution in [3.05, 3.63) is 41.7 Å². The number of carboxylic acid groups (broad SMARTS) is 1. The van der Waals surface area contributed by atoms with Crippen molar-refractivity contribution in [2.45, 2.75) is 32.8 Å². The minimum absolute atomic E-state index is 0.103. The van der Waals surface area contributed by atoms with E-state index in [1.165, 1.54) is 37.3 Å². The van der Waals surface area contributed by atoms with E-state index in [4.69, 9.17) is 9.47 Å². The van der Waals surface area contributed by atoms with Crippen LogP contribution < -0.4 is 9.64 Å². The fraction of sp³-hybridized carbons (Fsp3) is 0.350. The predicted molar refractivity (Wildman–Crippen MR) is 103 cm³/mol. The van der Waals surface area contributed by atoms with Crippen LogP contribution in [-0.2, 0) is 4.74 Å². The predicted octanol–water partition coefficient (Wildman–Crippen LogP) is 4.76. The lowest BCUT2D eigenvalue weighted by molar-refractivity contribution is 0.0588. The Morgan fingerprint density at radius 1 is 1.17 bits per heavy atom. The summed E-state index contributed by atoms with van der Waals surface area (Å²) in [7, 11) is 2.78. The highest BCUT2D eigenvalue weighted by molar-refractivity contribution is 5.99. The number of aromatic nitrogens is 1. The number of carbonyl (C=O) groups excluding carboxylic acids is 1. The maximum Gasteiger partial charge on any atom is 0.414 e. The van der Waals surface area contributed by atoms with E-state index in [2.05, 4.69) is 4.98 Å². The largest absolute Gasteiger partial charge is 0.494 e. The summed E-state index contributed by atoms with van der Waals surface area (Å²) in [5, 5.41) is 9.55. The Hall–Kier alpha value is -3.23. The van der Waals surface area contributed by atoms with Crippen molar-refractivity contribution >= 4 is 17.7 Å². The molecule has 0 spiro atoms. The highest BCUT2D eigenvalue weighted by Gasteiger charge is 2.24. The van der Waals surface area contributed by atoms with Crippen LogP contribution in [0.25, 0.3) is 11.1 Å². The summed E-state index contributed by atoms with van der Waals surface area (Å²) in [6, 6.07) is 5.19. The number of pyridine rings is 1. The third-order valence-electron chi connectivity index (χ3n) is 3.91. The number of methoxy groups -OCH3 is 1. The highest BCUT2D eigenvalue weighted by Crippen LogP contribution is 2.36. The number of hydrogen-bond acceptors (Lipinski definition) is 5. The van der Waals surface area contributed by atoms with Gasteiger partial charge in [0.25, 0.3) is 6.43 Å². The molecule has 1 aromatic heterocycles. The molecule has 1 N–H and O–H groups in total. The van der Waals surface area contributed by atoms with Crippen molar-refractivity contribution in [3.8, 4) is 16.9 Å². The molecule has 1 amide bonds. The van der Waals surface area contributed by atoms with Crippen LogP contribution in [0.3, 0.4) is 0 Å². The summed E-state index contributed by atoms with van der Waals surface area (Å²) in [4.78, 5) is 28.9. The average molecular weight is 408 g/mol. The number of benzene rings is 1. The first-order valence-corrected chi connectivity index (χ1v) is 8.61. The van der Waals surface area contributed by atoms with Gasteiger partial charge in [0.1, 0.15) is 17.0 Å². The molecule has 1 heterocycles. The minimum Gasteiger partial charge on any atom is -0.494 e. The molecule has 156 valence electrons. The molecule has 29 heavy (non-hydrogen) atoms. The Morgan fingerprint density at radius 2 is 1.83 bits per heavy atom. The fourth-order valence-corrected chi connectivity index (χ4v) is 2.54. The van der Waals surface area contributed by atoms with E-state index in [9.17, 15) is 23.5 Å². The Morgan fingerprint density at radius 3 is 2.34 bits per heavy atom. The fourth-order valence-electron chi connectivity index (χ4n) is 2.54. The molecule has 0 aliphatic rings. The van der Waals surface area contributed by atoms with Gasteiger partial charge in [-0.2, -0.15) is 0 Å². The molecule has 0 radical (unpaired) electrons. The van der Waals surface area contributed by atoms with Crippen LogP contribution in [0.1, 0.15) is 43.2 Å². The topological polar surface area (TPSA) is 89.0 Å². The van der Waals surface area contributed by atoms with E-state index < -0.39 is 29.8 Å². The van der Waals surface area contributed by atoms with Crippen molar-refractivity contribution in [2.24, 2.45) is 0 Å². The van der Waals surface area contributed by atoms with Crippen LogP contribution in [0.2, 0.25) is 0 Å². The summed E-state index contributed by atoms with van der Waals surface area (Å²) >= 11 is 0. The van der Waals surface area contributed by atoms with Crippen molar-refractivity contribution in [1.29, 1.82) is 0 Å². The minimum atomic E-state index is -2.85. The number of nitrogens with zero attached hydrogens (tertiary/aromatic N) is 2. The van der Waals surface area contributed by atoms with Gasteiger partial charge in [0.05, 0.1) is 18.9 Å². The van der Waals surface area contributed by atoms with Crippen LogP contribution in [0, 0.1) is 0 Å². The normalized spacial score (nSPS) is 11.3. The molecule has 9 heteroatoms. The molecule has 1 aromatic carbocycles. The molecule has 0 fully saturated rings. The van der Waals surface area contributed by atoms with Crippen molar-refractivity contribution in [1.82, 2.24) is 4.98 Å². The molecule has 0 saturated carbocycles. The number of anilines is 1. The molecule has 0 unspecified atom stereocenters. The molecule has 0 atom stereocenters. The quantitative estimate of drug-likeness (QED) is 0.767. The maximum absolute atomic E-state index is 13.1. The number of carboxylic acids is 1. The smallest absolute Gasteiger partial charge is 0.414 e. The summed E-state index contributed by atoms with van der Waals surface area (Å²) in [5.74, 6) is -1.14. The van der Waals surface area contributed by atoms with Crippen LogP contribution in [0.5, 0.6) is 5.75 Å². The number of amides is 1. The van der Waals surface area contributed by atoms with Crippen molar-refractivity contribution < 1.29 is 33.0 Å². The van der Waals surface area contributed by atoms with Crippen LogP contribution in [-0.4, -0.2) is 41.9 Å². The van der Waals surface area contributed by atoms with E-state index in [-0.39, 0.29) is 22.4 Å². The van der Waals surface area contributed by atoms with Gasteiger partial charge < -0.3 is 14.6 Å². The summed E-state index contributed by atoms with van der Waals surface area (Å²) < 4.78 is 36.8. The standard InChI is InChI=1S/C20H22F2N2O5/c1-20(2,3)29-19(27)24(4)11-6-7-12(18(25)26)13(8-11)14-9-15(17(21)22)23-10-16(14)28-5/h6-10,17H,1-5H3,(H,25,26). The zero-order valence-corrected chi connectivity index (χ0v) is 16.7. The second-order valence-electron chi connectivity index (χ2n) is 7.18. The van der Waals surface area contributed by atoms with Crippen LogP contribution in [0.15, 0.2) is 30.5 Å². The molecular weight excluding hydrogens is 386 g/mol. The summed E-state index contributed by atoms with van der Waals surface area (Å²) in [5.41, 5.74) is -0.854. The molecule has 0 aliphatic heterocycles. The van der Waals surface area contributed by atoms with E-state index in [1.807, 2.05) is 0 Å². The number of aromatic carboxylic acids is 1. The molecule has 2 rings (SSSR count). The first kappa shape index (κ1) is 22.1. The Kier molecular flexibility index (Phi) is 6.41. The average Bonchev–Trinajstić information content (AvgIpc) is 2.64. The Balaban J connectivity index is 2.62. The molecule has 0 saturated heterocycles. The first-order valence-electron chi connectivity index (χ1n) is 8.61. The SMILES string of the molecule is COc1cnc(C(F)F)cc1-c1cc(N(C)C(=O)OC(C)(C)C)ccc1C(=O)O. The van der Waals surface area contributed by atoms with E-state index in [0.29, 0.717) is 5.69 Å². The number of carbonyl (C=O) groups is 2. The lowest BCUT2D eigenvalue weighted by Gasteiger charge is -2.25. The highest BCUT2D eigenvalue weighted by atomic mass is 19.3. The summed E-state index contributed by atoms with van der Waals surface area (Å²) in [6.07, 6.45) is -2.39. The lowest BCUT2D eigenvalue weighted by Crippen LogP contribution is -2.34. The second-order valence-corrected chi connectivity index (χ2v) is 7.18. The van der Waals surface area contributed by atoms with Crippen LogP contribution in [0.4, 0.5) is 19.3 Å². The molecular formula is C20H22F2N2O5. The number of rotatable bonds is 5. The van der Waals surface area contributed by atoms with Gasteiger partial charge in [0.15, 0.2) is 0 Å². The van der Waals surface area contributed by atoms with Gasteiger partial charge in [-0.25, -0.2) is 18.4 Å². The third-order valence-corrected chi connectivity index (χ3v) is 3.91. The second kappa shape index (κ2) is 8.42. The Bertz CT molecular complexity index is 926. The van der Waals surface area contributed by atoms with Gasteiger partial charge in [0.2, 0.25) is 0 Å².